The molecule has 0 saturated heterocycles. The van der Waals surface area contributed by atoms with E-state index in [0.717, 1.165) is 62.8 Å². The maximum Gasteiger partial charge on any atom is 0.416 e. The van der Waals surface area contributed by atoms with Crippen LogP contribution in [0.25, 0.3) is 0 Å². The average molecular weight is 464 g/mol. The zero-order chi connectivity index (χ0) is 22.0. The van der Waals surface area contributed by atoms with Crippen LogP contribution >= 0.6 is 11.6 Å². The van der Waals surface area contributed by atoms with Crippen LogP contribution in [-0.2, 0) is 21.8 Å². The summed E-state index contributed by atoms with van der Waals surface area (Å²) in [6.07, 6.45) is 4.13. The van der Waals surface area contributed by atoms with Gasteiger partial charge in [-0.3, -0.25) is 14.5 Å². The molecule has 1 unspecified atom stereocenters. The molecule has 0 amide bonds. The molecule has 1 saturated carbocycles. The Morgan fingerprint density at radius 1 is 1.27 bits per heavy atom. The van der Waals surface area contributed by atoms with E-state index in [1.807, 2.05) is 0 Å². The quantitative estimate of drug-likeness (QED) is 0.309. The van der Waals surface area contributed by atoms with E-state index >= 15 is 0 Å². The fourth-order valence-electron chi connectivity index (χ4n) is 3.57. The first-order valence-corrected chi connectivity index (χ1v) is 12.0. The summed E-state index contributed by atoms with van der Waals surface area (Å²) >= 11 is 5.49. The molecule has 1 aromatic carbocycles. The topological polar surface area (TPSA) is 38.3 Å². The van der Waals surface area contributed by atoms with Gasteiger partial charge in [-0.1, -0.05) is 24.9 Å². The Morgan fingerprint density at radius 2 is 1.93 bits per heavy atom. The molecule has 1 aliphatic carbocycles. The number of benzene rings is 1. The minimum atomic E-state index is -4.37. The van der Waals surface area contributed by atoms with Crippen LogP contribution in [-0.4, -0.2) is 16.6 Å². The predicted octanol–water partition coefficient (Wildman–Crippen LogP) is 6.72. The summed E-state index contributed by atoms with van der Waals surface area (Å²) in [6.45, 7) is 2.53. The Hall–Kier alpha value is -1.31. The molecule has 0 spiro atoms. The average Bonchev–Trinajstić information content (AvgIpc) is 2.74. The first kappa shape index (κ1) is 25.0. The molecule has 1 fully saturated rings. The molecule has 0 radical (unpaired) electrons. The van der Waals surface area contributed by atoms with E-state index in [0.29, 0.717) is 23.2 Å². The van der Waals surface area contributed by atoms with E-state index in [1.165, 1.54) is 23.2 Å². The normalized spacial score (nSPS) is 18.6. The van der Waals surface area contributed by atoms with Crippen LogP contribution in [0.4, 0.5) is 13.2 Å². The van der Waals surface area contributed by atoms with Gasteiger partial charge < -0.3 is 0 Å². The summed E-state index contributed by atoms with van der Waals surface area (Å²) in [4.78, 5) is 5.89. The zero-order valence-electron chi connectivity index (χ0n) is 17.1. The first-order valence-electron chi connectivity index (χ1n) is 10.2. The van der Waals surface area contributed by atoms with Gasteiger partial charge in [-0.25, -0.2) is 0 Å². The third-order valence-corrected chi connectivity index (χ3v) is 6.84. The number of hydroxylamine groups is 1. The van der Waals surface area contributed by atoms with E-state index in [4.69, 9.17) is 16.4 Å². The van der Waals surface area contributed by atoms with Crippen molar-refractivity contribution >= 4 is 22.4 Å². The summed E-state index contributed by atoms with van der Waals surface area (Å²) in [5.41, 5.74) is 6.31. The van der Waals surface area contributed by atoms with Crippen molar-refractivity contribution < 1.29 is 22.2 Å². The number of alkyl halides is 3. The van der Waals surface area contributed by atoms with Crippen molar-refractivity contribution in [2.45, 2.75) is 62.9 Å². The van der Waals surface area contributed by atoms with Gasteiger partial charge in [-0.05, 0) is 80.4 Å². The van der Waals surface area contributed by atoms with E-state index in [9.17, 15) is 17.4 Å². The fraction of sp³-hybridized carbons (Fsp3) is 0.545. The van der Waals surface area contributed by atoms with Crippen molar-refractivity contribution in [1.29, 1.82) is 0 Å². The van der Waals surface area contributed by atoms with Gasteiger partial charge in [0.15, 0.2) is 0 Å². The molecule has 0 aromatic heterocycles. The molecule has 1 aliphatic rings. The SMILES string of the molecule is CCCC(NOCC=CCl)=C1CCC(CCS(=O)c2ccc(C(F)(F)F)cc2)CC1. The van der Waals surface area contributed by atoms with Crippen LogP contribution in [0.2, 0.25) is 0 Å². The highest BCUT2D eigenvalue weighted by Gasteiger charge is 2.30. The number of nitrogens with one attached hydrogen (secondary N) is 1. The van der Waals surface area contributed by atoms with Crippen LogP contribution in [0, 0.1) is 5.92 Å². The number of rotatable bonds is 10. The molecule has 8 heteroatoms. The summed E-state index contributed by atoms with van der Waals surface area (Å²) in [7, 11) is -1.28. The van der Waals surface area contributed by atoms with Gasteiger partial charge in [0, 0.05) is 21.9 Å². The van der Waals surface area contributed by atoms with E-state index in [1.54, 1.807) is 6.08 Å². The lowest BCUT2D eigenvalue weighted by atomic mass is 9.83. The van der Waals surface area contributed by atoms with Crippen molar-refractivity contribution in [3.05, 3.63) is 52.7 Å². The van der Waals surface area contributed by atoms with Crippen molar-refractivity contribution in [2.75, 3.05) is 12.4 Å². The van der Waals surface area contributed by atoms with Gasteiger partial charge in [-0.15, -0.1) is 0 Å². The third kappa shape index (κ3) is 8.08. The van der Waals surface area contributed by atoms with Crippen LogP contribution in [0.5, 0.6) is 0 Å². The van der Waals surface area contributed by atoms with Crippen molar-refractivity contribution in [3.8, 4) is 0 Å². The third-order valence-electron chi connectivity index (χ3n) is 5.26. The smallest absolute Gasteiger partial charge is 0.272 e. The highest BCUT2D eigenvalue weighted by Crippen LogP contribution is 2.33. The second-order valence-corrected chi connectivity index (χ2v) is 9.23. The van der Waals surface area contributed by atoms with Gasteiger partial charge in [0.25, 0.3) is 0 Å². The highest BCUT2D eigenvalue weighted by molar-refractivity contribution is 7.85. The van der Waals surface area contributed by atoms with Gasteiger partial charge in [0.1, 0.15) is 0 Å². The lowest BCUT2D eigenvalue weighted by Gasteiger charge is -2.26. The van der Waals surface area contributed by atoms with Crippen LogP contribution in [0.15, 0.2) is 52.0 Å². The molecule has 1 N–H and O–H groups in total. The van der Waals surface area contributed by atoms with Gasteiger partial charge in [-0.2, -0.15) is 13.2 Å². The molecule has 3 nitrogen and oxygen atoms in total. The number of halogens is 4. The standard InChI is InChI=1S/C22H29ClF3NO2S/c1-2-4-21(27-29-15-3-14-23)18-7-5-17(6-8-18)13-16-30(28)20-11-9-19(10-12-20)22(24,25)26/h3,9-12,14,17,27H,2,4-8,13,15-16H2,1H3. The number of hydrogen-bond acceptors (Lipinski definition) is 3. The van der Waals surface area contributed by atoms with Crippen molar-refractivity contribution in [2.24, 2.45) is 5.92 Å². The van der Waals surface area contributed by atoms with Gasteiger partial charge in [0.2, 0.25) is 0 Å². The van der Waals surface area contributed by atoms with E-state index in [2.05, 4.69) is 12.4 Å². The first-order chi connectivity index (χ1) is 14.3. The molecular weight excluding hydrogens is 435 g/mol. The summed E-state index contributed by atoms with van der Waals surface area (Å²) in [5.74, 6) is 0.957. The maximum absolute atomic E-state index is 12.7. The number of hydrogen-bond donors (Lipinski definition) is 1. The fourth-order valence-corrected chi connectivity index (χ4v) is 4.86. The monoisotopic (exact) mass is 463 g/mol. The van der Waals surface area contributed by atoms with E-state index < -0.39 is 22.5 Å². The number of allylic oxidation sites excluding steroid dienone is 2. The van der Waals surface area contributed by atoms with Gasteiger partial charge in [0.05, 0.1) is 23.0 Å². The van der Waals surface area contributed by atoms with Crippen molar-refractivity contribution in [1.82, 2.24) is 5.48 Å². The molecule has 1 aromatic rings. The molecular formula is C22H29ClF3NO2S. The molecule has 0 aliphatic heterocycles. The molecule has 1 atom stereocenters. The van der Waals surface area contributed by atoms with Gasteiger partial charge >= 0.3 is 6.18 Å². The Morgan fingerprint density at radius 3 is 2.50 bits per heavy atom. The Bertz CT molecular complexity index is 738. The van der Waals surface area contributed by atoms with Crippen molar-refractivity contribution in [3.63, 3.8) is 0 Å². The molecule has 2 rings (SSSR count). The second kappa shape index (κ2) is 12.5. The molecule has 0 heterocycles. The minimum absolute atomic E-state index is 0.405. The maximum atomic E-state index is 12.7. The summed E-state index contributed by atoms with van der Waals surface area (Å²) in [6, 6.07) is 4.64. The second-order valence-electron chi connectivity index (χ2n) is 7.41. The molecule has 168 valence electrons. The Labute approximate surface area is 184 Å². The minimum Gasteiger partial charge on any atom is -0.272 e. The lowest BCUT2D eigenvalue weighted by molar-refractivity contribution is -0.137. The summed E-state index contributed by atoms with van der Waals surface area (Å²) in [5, 5.41) is 0. The molecule has 30 heavy (non-hydrogen) atoms. The van der Waals surface area contributed by atoms with Crippen LogP contribution < -0.4 is 5.48 Å². The predicted molar refractivity (Wildman–Crippen MR) is 115 cm³/mol. The van der Waals surface area contributed by atoms with Crippen LogP contribution in [0.3, 0.4) is 0 Å². The molecule has 0 bridgehead atoms. The van der Waals surface area contributed by atoms with Crippen LogP contribution in [0.1, 0.15) is 57.4 Å². The van der Waals surface area contributed by atoms with E-state index in [-0.39, 0.29) is 0 Å². The largest absolute Gasteiger partial charge is 0.416 e. The highest BCUT2D eigenvalue weighted by atomic mass is 35.5. The summed E-state index contributed by atoms with van der Waals surface area (Å²) < 4.78 is 50.4. The Kier molecular flexibility index (Phi) is 10.4. The zero-order valence-corrected chi connectivity index (χ0v) is 18.7. The Balaban J connectivity index is 1.82. The lowest BCUT2D eigenvalue weighted by Crippen LogP contribution is -2.19.